The van der Waals surface area contributed by atoms with E-state index in [1.165, 1.54) is 17.4 Å². The average molecular weight is 312 g/mol. The van der Waals surface area contributed by atoms with Crippen molar-refractivity contribution in [3.8, 4) is 0 Å². The highest BCUT2D eigenvalue weighted by Crippen LogP contribution is 2.40. The zero-order valence-corrected chi connectivity index (χ0v) is 11.8. The molecule has 1 atom stereocenters. The molecule has 0 aliphatic heterocycles. The summed E-state index contributed by atoms with van der Waals surface area (Å²) in [5.74, 6) is 0.611. The summed E-state index contributed by atoms with van der Waals surface area (Å²) in [5.41, 5.74) is 3.45. The van der Waals surface area contributed by atoms with E-state index in [0.717, 1.165) is 33.5 Å². The molecule has 0 radical (unpaired) electrons. The summed E-state index contributed by atoms with van der Waals surface area (Å²) in [6.45, 7) is 2.23. The SMILES string of the molecule is CCC1CCc2nnc3cc(Br)c(Cl)cc3c21. The largest absolute Gasteiger partial charge is 0.155 e. The zero-order valence-electron chi connectivity index (χ0n) is 9.50. The van der Waals surface area contributed by atoms with Crippen molar-refractivity contribution in [1.29, 1.82) is 0 Å². The molecule has 0 fully saturated rings. The Kier molecular flexibility index (Phi) is 2.83. The van der Waals surface area contributed by atoms with Crippen molar-refractivity contribution < 1.29 is 0 Å². The van der Waals surface area contributed by atoms with Crippen LogP contribution in [0.15, 0.2) is 16.6 Å². The number of nitrogens with zero attached hydrogens (tertiary/aromatic N) is 2. The Labute approximate surface area is 114 Å². The number of fused-ring (bicyclic) bond motifs is 3. The topological polar surface area (TPSA) is 25.8 Å². The molecule has 3 rings (SSSR count). The highest BCUT2D eigenvalue weighted by atomic mass is 79.9. The maximum absolute atomic E-state index is 6.19. The van der Waals surface area contributed by atoms with Crippen molar-refractivity contribution in [2.45, 2.75) is 32.1 Å². The van der Waals surface area contributed by atoms with Crippen LogP contribution in [0.1, 0.15) is 36.9 Å². The van der Waals surface area contributed by atoms with E-state index >= 15 is 0 Å². The molecule has 0 N–H and O–H groups in total. The van der Waals surface area contributed by atoms with E-state index in [4.69, 9.17) is 11.6 Å². The van der Waals surface area contributed by atoms with Crippen LogP contribution in [0.25, 0.3) is 10.9 Å². The molecule has 4 heteroatoms. The van der Waals surface area contributed by atoms with E-state index in [2.05, 4.69) is 33.1 Å². The molecule has 1 aliphatic rings. The third kappa shape index (κ3) is 1.76. The first-order valence-corrected chi connectivity index (χ1v) is 7.02. The number of benzene rings is 1. The molecule has 1 unspecified atom stereocenters. The van der Waals surface area contributed by atoms with Crippen molar-refractivity contribution in [1.82, 2.24) is 10.2 Å². The van der Waals surface area contributed by atoms with Gasteiger partial charge in [0.1, 0.15) is 0 Å². The highest BCUT2D eigenvalue weighted by molar-refractivity contribution is 9.10. The lowest BCUT2D eigenvalue weighted by atomic mass is 9.96. The molecule has 0 spiro atoms. The molecule has 0 amide bonds. The molecule has 1 aromatic heterocycles. The number of halogens is 2. The summed E-state index contributed by atoms with van der Waals surface area (Å²) >= 11 is 9.61. The monoisotopic (exact) mass is 310 g/mol. The maximum atomic E-state index is 6.19. The van der Waals surface area contributed by atoms with Gasteiger partial charge in [-0.25, -0.2) is 0 Å². The van der Waals surface area contributed by atoms with Crippen LogP contribution in [0.4, 0.5) is 0 Å². The first kappa shape index (κ1) is 11.4. The van der Waals surface area contributed by atoms with Crippen molar-refractivity contribution in [3.05, 3.63) is 32.9 Å². The molecular formula is C13H12BrClN2. The molecule has 1 aliphatic carbocycles. The fraction of sp³-hybridized carbons (Fsp3) is 0.385. The normalized spacial score (nSPS) is 18.6. The van der Waals surface area contributed by atoms with Crippen LogP contribution in [-0.2, 0) is 6.42 Å². The zero-order chi connectivity index (χ0) is 12.0. The third-order valence-electron chi connectivity index (χ3n) is 3.55. The van der Waals surface area contributed by atoms with E-state index in [9.17, 15) is 0 Å². The Morgan fingerprint density at radius 3 is 3.00 bits per heavy atom. The molecule has 2 nitrogen and oxygen atoms in total. The predicted octanol–water partition coefficient (Wildman–Crippen LogP) is 4.49. The Hall–Kier alpha value is -0.670. The molecule has 1 heterocycles. The first-order chi connectivity index (χ1) is 8.20. The van der Waals surface area contributed by atoms with Crippen LogP contribution in [-0.4, -0.2) is 10.2 Å². The number of aromatic nitrogens is 2. The van der Waals surface area contributed by atoms with Crippen LogP contribution in [0.5, 0.6) is 0 Å². The van der Waals surface area contributed by atoms with Gasteiger partial charge in [-0.1, -0.05) is 18.5 Å². The second kappa shape index (κ2) is 4.21. The van der Waals surface area contributed by atoms with Gasteiger partial charge < -0.3 is 0 Å². The second-order valence-corrected chi connectivity index (χ2v) is 5.75. The molecule has 1 aromatic carbocycles. The van der Waals surface area contributed by atoms with Gasteiger partial charge in [-0.2, -0.15) is 10.2 Å². The minimum Gasteiger partial charge on any atom is -0.155 e. The van der Waals surface area contributed by atoms with Gasteiger partial charge in [-0.3, -0.25) is 0 Å². The van der Waals surface area contributed by atoms with Gasteiger partial charge in [0.25, 0.3) is 0 Å². The summed E-state index contributed by atoms with van der Waals surface area (Å²) in [4.78, 5) is 0. The summed E-state index contributed by atoms with van der Waals surface area (Å²) < 4.78 is 0.881. The van der Waals surface area contributed by atoms with Crippen LogP contribution < -0.4 is 0 Å². The minimum atomic E-state index is 0.611. The standard InChI is InChI=1S/C13H12BrClN2/c1-2-7-3-4-11-13(7)8-5-10(15)9(14)6-12(8)17-16-11/h5-7H,2-4H2,1H3. The number of hydrogen-bond donors (Lipinski definition) is 0. The van der Waals surface area contributed by atoms with Gasteiger partial charge in [0, 0.05) is 9.86 Å². The smallest absolute Gasteiger partial charge is 0.0945 e. The van der Waals surface area contributed by atoms with Gasteiger partial charge in [0.15, 0.2) is 0 Å². The Morgan fingerprint density at radius 1 is 1.41 bits per heavy atom. The Balaban J connectivity index is 2.34. The molecule has 2 aromatic rings. The summed E-state index contributed by atoms with van der Waals surface area (Å²) in [5, 5.41) is 10.5. The minimum absolute atomic E-state index is 0.611. The first-order valence-electron chi connectivity index (χ1n) is 5.85. The fourth-order valence-electron chi connectivity index (χ4n) is 2.66. The van der Waals surface area contributed by atoms with Gasteiger partial charge in [0.2, 0.25) is 0 Å². The fourth-order valence-corrected chi connectivity index (χ4v) is 3.16. The van der Waals surface area contributed by atoms with Crippen LogP contribution in [0, 0.1) is 0 Å². The lowest BCUT2D eigenvalue weighted by Crippen LogP contribution is -1.97. The van der Waals surface area contributed by atoms with Crippen molar-refractivity contribution in [3.63, 3.8) is 0 Å². The lowest BCUT2D eigenvalue weighted by Gasteiger charge is -2.11. The second-order valence-electron chi connectivity index (χ2n) is 4.49. The van der Waals surface area contributed by atoms with Gasteiger partial charge in [-0.15, -0.1) is 0 Å². The van der Waals surface area contributed by atoms with Gasteiger partial charge in [0.05, 0.1) is 16.2 Å². The quantitative estimate of drug-likeness (QED) is 0.775. The van der Waals surface area contributed by atoms with Crippen molar-refractivity contribution in [2.75, 3.05) is 0 Å². The van der Waals surface area contributed by atoms with Gasteiger partial charge in [-0.05, 0) is 58.8 Å². The average Bonchev–Trinajstić information content (AvgIpc) is 2.74. The molecule has 0 saturated heterocycles. The van der Waals surface area contributed by atoms with Crippen LogP contribution in [0.2, 0.25) is 5.02 Å². The molecule has 17 heavy (non-hydrogen) atoms. The van der Waals surface area contributed by atoms with E-state index in [-0.39, 0.29) is 0 Å². The summed E-state index contributed by atoms with van der Waals surface area (Å²) in [6.07, 6.45) is 3.39. The van der Waals surface area contributed by atoms with Gasteiger partial charge >= 0.3 is 0 Å². The predicted molar refractivity (Wildman–Crippen MR) is 73.6 cm³/mol. The van der Waals surface area contributed by atoms with E-state index in [0.29, 0.717) is 5.92 Å². The Bertz CT molecular complexity index is 597. The Morgan fingerprint density at radius 2 is 2.24 bits per heavy atom. The molecule has 0 saturated carbocycles. The molecule has 0 bridgehead atoms. The summed E-state index contributed by atoms with van der Waals surface area (Å²) in [7, 11) is 0. The lowest BCUT2D eigenvalue weighted by molar-refractivity contribution is 0.658. The van der Waals surface area contributed by atoms with E-state index in [1.807, 2.05) is 12.1 Å². The maximum Gasteiger partial charge on any atom is 0.0945 e. The van der Waals surface area contributed by atoms with Crippen LogP contribution in [0.3, 0.4) is 0 Å². The number of aryl methyl sites for hydroxylation is 1. The van der Waals surface area contributed by atoms with Crippen molar-refractivity contribution >= 4 is 38.4 Å². The van der Waals surface area contributed by atoms with E-state index < -0.39 is 0 Å². The van der Waals surface area contributed by atoms with Crippen molar-refractivity contribution in [2.24, 2.45) is 0 Å². The number of hydrogen-bond acceptors (Lipinski definition) is 2. The van der Waals surface area contributed by atoms with Crippen LogP contribution >= 0.6 is 27.5 Å². The van der Waals surface area contributed by atoms with E-state index in [1.54, 1.807) is 0 Å². The highest BCUT2D eigenvalue weighted by Gasteiger charge is 2.25. The third-order valence-corrected chi connectivity index (χ3v) is 4.75. The number of rotatable bonds is 1. The molecular weight excluding hydrogens is 300 g/mol. The molecule has 88 valence electrons. The summed E-state index contributed by atoms with van der Waals surface area (Å²) in [6, 6.07) is 3.97.